The summed E-state index contributed by atoms with van der Waals surface area (Å²) in [4.78, 5) is 26.5. The number of carbonyl (C=O) groups excluding carboxylic acids is 1. The SMILES string of the molecule is CN(C(=O)C1CCSCC1)c1ncc([N+](=O)[O-])cc1C(F)(F)F. The Labute approximate surface area is 134 Å². The smallest absolute Gasteiger partial charge is 0.299 e. The molecule has 2 heterocycles. The number of thioether (sulfide) groups is 1. The lowest BCUT2D eigenvalue weighted by molar-refractivity contribution is -0.385. The van der Waals surface area contributed by atoms with E-state index in [1.54, 1.807) is 11.8 Å². The number of hydrogen-bond acceptors (Lipinski definition) is 5. The minimum Gasteiger partial charge on any atom is -0.299 e. The number of nitrogens with zero attached hydrogens (tertiary/aromatic N) is 3. The number of alkyl halides is 3. The lowest BCUT2D eigenvalue weighted by Crippen LogP contribution is -2.36. The average molecular weight is 349 g/mol. The molecule has 0 aliphatic carbocycles. The number of halogens is 3. The fourth-order valence-electron chi connectivity index (χ4n) is 2.35. The van der Waals surface area contributed by atoms with Gasteiger partial charge in [0.05, 0.1) is 4.92 Å². The second-order valence-electron chi connectivity index (χ2n) is 5.10. The molecule has 1 aromatic rings. The number of hydrogen-bond donors (Lipinski definition) is 0. The zero-order valence-electron chi connectivity index (χ0n) is 12.2. The molecule has 1 aromatic heterocycles. The van der Waals surface area contributed by atoms with Crippen LogP contribution < -0.4 is 4.90 Å². The first-order valence-electron chi connectivity index (χ1n) is 6.78. The van der Waals surface area contributed by atoms with Crippen LogP contribution in [0.15, 0.2) is 12.3 Å². The van der Waals surface area contributed by atoms with E-state index >= 15 is 0 Å². The van der Waals surface area contributed by atoms with E-state index in [9.17, 15) is 28.1 Å². The summed E-state index contributed by atoms with van der Waals surface area (Å²) in [5.74, 6) is 0.163. The van der Waals surface area contributed by atoms with Crippen LogP contribution in [0.25, 0.3) is 0 Å². The minimum atomic E-state index is -4.84. The molecule has 0 N–H and O–H groups in total. The fourth-order valence-corrected chi connectivity index (χ4v) is 3.45. The molecule has 23 heavy (non-hydrogen) atoms. The van der Waals surface area contributed by atoms with Crippen molar-refractivity contribution in [2.45, 2.75) is 19.0 Å². The van der Waals surface area contributed by atoms with Gasteiger partial charge >= 0.3 is 6.18 Å². The molecule has 0 unspecified atom stereocenters. The topological polar surface area (TPSA) is 76.3 Å². The zero-order chi connectivity index (χ0) is 17.2. The lowest BCUT2D eigenvalue weighted by atomic mass is 10.0. The third-order valence-corrected chi connectivity index (χ3v) is 4.64. The van der Waals surface area contributed by atoms with Gasteiger partial charge < -0.3 is 0 Å². The van der Waals surface area contributed by atoms with E-state index in [1.165, 1.54) is 7.05 Å². The van der Waals surface area contributed by atoms with E-state index in [2.05, 4.69) is 4.98 Å². The van der Waals surface area contributed by atoms with Crippen LogP contribution >= 0.6 is 11.8 Å². The van der Waals surface area contributed by atoms with Crippen molar-refractivity contribution >= 4 is 29.2 Å². The molecule has 0 bridgehead atoms. The summed E-state index contributed by atoms with van der Waals surface area (Å²) < 4.78 is 39.5. The van der Waals surface area contributed by atoms with Gasteiger partial charge in [0.15, 0.2) is 0 Å². The van der Waals surface area contributed by atoms with Crippen molar-refractivity contribution in [1.82, 2.24) is 4.98 Å². The van der Waals surface area contributed by atoms with Crippen LogP contribution in [0.5, 0.6) is 0 Å². The van der Waals surface area contributed by atoms with Gasteiger partial charge in [0.25, 0.3) is 5.69 Å². The minimum absolute atomic E-state index is 0.348. The van der Waals surface area contributed by atoms with Crippen molar-refractivity contribution in [3.05, 3.63) is 27.9 Å². The van der Waals surface area contributed by atoms with Crippen molar-refractivity contribution < 1.29 is 22.9 Å². The molecular weight excluding hydrogens is 335 g/mol. The van der Waals surface area contributed by atoms with E-state index < -0.39 is 34.1 Å². The quantitative estimate of drug-likeness (QED) is 0.619. The van der Waals surface area contributed by atoms with Crippen LogP contribution in [0.3, 0.4) is 0 Å². The van der Waals surface area contributed by atoms with E-state index in [0.29, 0.717) is 18.9 Å². The van der Waals surface area contributed by atoms with Crippen molar-refractivity contribution in [2.75, 3.05) is 23.5 Å². The molecule has 0 atom stereocenters. The second kappa shape index (κ2) is 6.73. The van der Waals surface area contributed by atoms with Gasteiger partial charge in [0.2, 0.25) is 5.91 Å². The number of rotatable bonds is 3. The van der Waals surface area contributed by atoms with Crippen LogP contribution in [-0.2, 0) is 11.0 Å². The van der Waals surface area contributed by atoms with E-state index in [0.717, 1.165) is 22.6 Å². The number of anilines is 1. The maximum atomic E-state index is 13.2. The number of carbonyl (C=O) groups is 1. The first kappa shape index (κ1) is 17.5. The van der Waals surface area contributed by atoms with Gasteiger partial charge in [-0.1, -0.05) is 0 Å². The number of aromatic nitrogens is 1. The molecule has 0 radical (unpaired) electrons. The van der Waals surface area contributed by atoms with Gasteiger partial charge in [-0.15, -0.1) is 0 Å². The number of amides is 1. The van der Waals surface area contributed by atoms with Gasteiger partial charge in [-0.2, -0.15) is 24.9 Å². The Morgan fingerprint density at radius 1 is 1.43 bits per heavy atom. The maximum absolute atomic E-state index is 13.2. The van der Waals surface area contributed by atoms with Crippen LogP contribution in [0.1, 0.15) is 18.4 Å². The summed E-state index contributed by atoms with van der Waals surface area (Å²) in [5.41, 5.74) is -2.05. The normalized spacial score (nSPS) is 16.2. The monoisotopic (exact) mass is 349 g/mol. The molecular formula is C13H14F3N3O3S. The average Bonchev–Trinajstić information content (AvgIpc) is 2.52. The van der Waals surface area contributed by atoms with Crippen LogP contribution in [0.2, 0.25) is 0 Å². The highest BCUT2D eigenvalue weighted by Gasteiger charge is 2.39. The first-order valence-corrected chi connectivity index (χ1v) is 7.94. The highest BCUT2D eigenvalue weighted by atomic mass is 32.2. The van der Waals surface area contributed by atoms with E-state index in [4.69, 9.17) is 0 Å². The predicted molar refractivity (Wildman–Crippen MR) is 79.4 cm³/mol. The Kier molecular flexibility index (Phi) is 5.12. The Morgan fingerprint density at radius 3 is 2.57 bits per heavy atom. The fraction of sp³-hybridized carbons (Fsp3) is 0.538. The third kappa shape index (κ3) is 3.92. The summed E-state index contributed by atoms with van der Waals surface area (Å²) >= 11 is 1.69. The summed E-state index contributed by atoms with van der Waals surface area (Å²) in [6.07, 6.45) is -2.92. The van der Waals surface area contributed by atoms with E-state index in [-0.39, 0.29) is 5.92 Å². The molecule has 2 rings (SSSR count). The molecule has 6 nitrogen and oxygen atoms in total. The summed E-state index contributed by atoms with van der Waals surface area (Å²) in [6.45, 7) is 0. The Bertz CT molecular complexity index is 618. The largest absolute Gasteiger partial charge is 0.420 e. The number of pyridine rings is 1. The van der Waals surface area contributed by atoms with Crippen molar-refractivity contribution in [1.29, 1.82) is 0 Å². The molecule has 0 aromatic carbocycles. The van der Waals surface area contributed by atoms with Crippen molar-refractivity contribution in [3.8, 4) is 0 Å². The van der Waals surface area contributed by atoms with Gasteiger partial charge in [-0.05, 0) is 24.3 Å². The highest BCUT2D eigenvalue weighted by Crippen LogP contribution is 2.37. The maximum Gasteiger partial charge on any atom is 0.420 e. The Morgan fingerprint density at radius 2 is 2.04 bits per heavy atom. The molecule has 1 amide bonds. The molecule has 1 aliphatic heterocycles. The predicted octanol–water partition coefficient (Wildman–Crippen LogP) is 3.11. The zero-order valence-corrected chi connectivity index (χ0v) is 13.0. The Hall–Kier alpha value is -1.84. The van der Waals surface area contributed by atoms with Gasteiger partial charge in [0.1, 0.15) is 17.6 Å². The standard InChI is InChI=1S/C13H14F3N3O3S/c1-18(12(20)8-2-4-23-5-3-8)11-10(13(14,15)16)6-9(7-17-11)19(21)22/h6-8H,2-5H2,1H3. The van der Waals surface area contributed by atoms with Crippen LogP contribution in [0, 0.1) is 16.0 Å². The molecule has 10 heteroatoms. The molecule has 0 spiro atoms. The molecule has 0 saturated carbocycles. The Balaban J connectivity index is 2.37. The third-order valence-electron chi connectivity index (χ3n) is 3.59. The van der Waals surface area contributed by atoms with Crippen molar-refractivity contribution in [2.24, 2.45) is 5.92 Å². The van der Waals surface area contributed by atoms with Crippen molar-refractivity contribution in [3.63, 3.8) is 0 Å². The van der Waals surface area contributed by atoms with E-state index in [1.807, 2.05) is 0 Å². The van der Waals surface area contributed by atoms with Crippen LogP contribution in [-0.4, -0.2) is 34.4 Å². The second-order valence-corrected chi connectivity index (χ2v) is 6.33. The number of nitro groups is 1. The van der Waals surface area contributed by atoms with Crippen LogP contribution in [0.4, 0.5) is 24.7 Å². The molecule has 1 saturated heterocycles. The first-order chi connectivity index (χ1) is 10.7. The molecule has 126 valence electrons. The molecule has 1 fully saturated rings. The van der Waals surface area contributed by atoms with Gasteiger partial charge in [0, 0.05) is 19.0 Å². The highest BCUT2D eigenvalue weighted by molar-refractivity contribution is 7.99. The molecule has 1 aliphatic rings. The summed E-state index contributed by atoms with van der Waals surface area (Å²) in [5, 5.41) is 10.7. The summed E-state index contributed by atoms with van der Waals surface area (Å²) in [7, 11) is 1.22. The van der Waals surface area contributed by atoms with Gasteiger partial charge in [-0.3, -0.25) is 19.8 Å². The van der Waals surface area contributed by atoms with Gasteiger partial charge in [-0.25, -0.2) is 4.98 Å². The summed E-state index contributed by atoms with van der Waals surface area (Å²) in [6, 6.07) is 0.406. The lowest BCUT2D eigenvalue weighted by Gasteiger charge is -2.27.